The van der Waals surface area contributed by atoms with Crippen LogP contribution in [0.25, 0.3) is 6.08 Å². The quantitative estimate of drug-likeness (QED) is 0.464. The normalized spacial score (nSPS) is 11.2. The van der Waals surface area contributed by atoms with Crippen molar-refractivity contribution < 1.29 is 32.2 Å². The monoisotopic (exact) mass is 419 g/mol. The Balaban J connectivity index is 1.85. The molecule has 0 spiro atoms. The standard InChI is InChI=1S/C20H21NO7S/c1-26-18-9-8-16(12-19(18)27-2)17(22)14-28-20(23)13-21-29(24,25)11-10-15-6-4-3-5-7-15/h3-12,21H,13-14H2,1-2H3/b11-10+. The molecule has 0 heterocycles. The molecule has 154 valence electrons. The van der Waals surface area contributed by atoms with Crippen LogP contribution in [0, 0.1) is 0 Å². The molecule has 0 aliphatic heterocycles. The molecule has 2 rings (SSSR count). The number of ether oxygens (including phenoxy) is 3. The summed E-state index contributed by atoms with van der Waals surface area (Å²) in [5, 5.41) is 0.949. The Bertz CT molecular complexity index is 985. The van der Waals surface area contributed by atoms with Crippen LogP contribution in [0.4, 0.5) is 0 Å². The van der Waals surface area contributed by atoms with E-state index in [1.165, 1.54) is 32.4 Å². The smallest absolute Gasteiger partial charge is 0.321 e. The zero-order chi connectivity index (χ0) is 21.3. The van der Waals surface area contributed by atoms with Gasteiger partial charge in [0.1, 0.15) is 6.54 Å². The van der Waals surface area contributed by atoms with Gasteiger partial charge in [-0.2, -0.15) is 0 Å². The highest BCUT2D eigenvalue weighted by Crippen LogP contribution is 2.27. The minimum Gasteiger partial charge on any atom is -0.493 e. The van der Waals surface area contributed by atoms with E-state index in [1.54, 1.807) is 30.3 Å². The lowest BCUT2D eigenvalue weighted by Gasteiger charge is -2.09. The van der Waals surface area contributed by atoms with Gasteiger partial charge in [0.05, 0.1) is 14.2 Å². The summed E-state index contributed by atoms with van der Waals surface area (Å²) < 4.78 is 40.9. The maximum Gasteiger partial charge on any atom is 0.321 e. The SMILES string of the molecule is COc1ccc(C(=O)COC(=O)CNS(=O)(=O)/C=C/c2ccccc2)cc1OC. The van der Waals surface area contributed by atoms with Gasteiger partial charge in [-0.3, -0.25) is 9.59 Å². The molecule has 0 amide bonds. The molecule has 0 aliphatic carbocycles. The number of sulfonamides is 1. The third-order valence-electron chi connectivity index (χ3n) is 3.73. The third-order valence-corrected chi connectivity index (χ3v) is 4.77. The Morgan fingerprint density at radius 3 is 2.34 bits per heavy atom. The summed E-state index contributed by atoms with van der Waals surface area (Å²) in [4.78, 5) is 23.9. The van der Waals surface area contributed by atoms with E-state index in [2.05, 4.69) is 4.72 Å². The Kier molecular flexibility index (Phi) is 7.93. The largest absolute Gasteiger partial charge is 0.493 e. The molecule has 0 saturated carbocycles. The highest BCUT2D eigenvalue weighted by atomic mass is 32.2. The summed E-state index contributed by atoms with van der Waals surface area (Å²) in [6, 6.07) is 13.4. The van der Waals surface area contributed by atoms with E-state index < -0.39 is 34.9 Å². The molecule has 0 aromatic heterocycles. The molecule has 0 aliphatic rings. The fraction of sp³-hybridized carbons (Fsp3) is 0.200. The Morgan fingerprint density at radius 1 is 1.00 bits per heavy atom. The van der Waals surface area contributed by atoms with Crippen LogP contribution >= 0.6 is 0 Å². The molecule has 1 N–H and O–H groups in total. The predicted molar refractivity (Wildman–Crippen MR) is 107 cm³/mol. The molecule has 2 aromatic carbocycles. The number of methoxy groups -OCH3 is 2. The average Bonchev–Trinajstić information content (AvgIpc) is 2.75. The first-order valence-corrected chi connectivity index (χ1v) is 10.0. The number of Topliss-reactive ketones (excluding diaryl/α,β-unsaturated/α-hetero) is 1. The first-order valence-electron chi connectivity index (χ1n) is 8.48. The van der Waals surface area contributed by atoms with Gasteiger partial charge in [0.25, 0.3) is 0 Å². The first-order chi connectivity index (χ1) is 13.8. The number of rotatable bonds is 10. The number of carbonyl (C=O) groups is 2. The van der Waals surface area contributed by atoms with Crippen LogP contribution in [0.2, 0.25) is 0 Å². The zero-order valence-electron chi connectivity index (χ0n) is 16.0. The van der Waals surface area contributed by atoms with Crippen molar-refractivity contribution in [3.8, 4) is 11.5 Å². The maximum atomic E-state index is 12.2. The van der Waals surface area contributed by atoms with E-state index in [1.807, 2.05) is 6.07 Å². The fourth-order valence-electron chi connectivity index (χ4n) is 2.23. The third kappa shape index (κ3) is 7.05. The number of nitrogens with one attached hydrogen (secondary N) is 1. The van der Waals surface area contributed by atoms with Crippen molar-refractivity contribution >= 4 is 27.9 Å². The highest BCUT2D eigenvalue weighted by Gasteiger charge is 2.14. The topological polar surface area (TPSA) is 108 Å². The van der Waals surface area contributed by atoms with E-state index >= 15 is 0 Å². The minimum absolute atomic E-state index is 0.266. The lowest BCUT2D eigenvalue weighted by atomic mass is 10.1. The number of esters is 1. The zero-order valence-corrected chi connectivity index (χ0v) is 16.8. The number of benzene rings is 2. The molecule has 0 fully saturated rings. The van der Waals surface area contributed by atoms with Crippen molar-refractivity contribution in [3.05, 3.63) is 65.1 Å². The molecule has 9 heteroatoms. The van der Waals surface area contributed by atoms with E-state index in [0.29, 0.717) is 17.1 Å². The second-order valence-corrected chi connectivity index (χ2v) is 7.38. The van der Waals surface area contributed by atoms with Gasteiger partial charge in [0.15, 0.2) is 23.9 Å². The molecule has 29 heavy (non-hydrogen) atoms. The summed E-state index contributed by atoms with van der Waals surface area (Å²) in [7, 11) is -0.925. The molecule has 2 aromatic rings. The Labute approximate surface area is 169 Å². The average molecular weight is 419 g/mol. The van der Waals surface area contributed by atoms with Crippen molar-refractivity contribution in [3.63, 3.8) is 0 Å². The lowest BCUT2D eigenvalue weighted by Crippen LogP contribution is -2.30. The van der Waals surface area contributed by atoms with Crippen LogP contribution in [-0.4, -0.2) is 47.5 Å². The summed E-state index contributed by atoms with van der Waals surface area (Å²) in [5.74, 6) is -0.525. The van der Waals surface area contributed by atoms with E-state index in [-0.39, 0.29) is 5.56 Å². The van der Waals surface area contributed by atoms with Crippen molar-refractivity contribution in [2.45, 2.75) is 0 Å². The van der Waals surface area contributed by atoms with Crippen molar-refractivity contribution in [1.82, 2.24) is 4.72 Å². The molecule has 0 saturated heterocycles. The van der Waals surface area contributed by atoms with Gasteiger partial charge in [-0.1, -0.05) is 30.3 Å². The van der Waals surface area contributed by atoms with Crippen molar-refractivity contribution in [1.29, 1.82) is 0 Å². The van der Waals surface area contributed by atoms with Gasteiger partial charge in [-0.25, -0.2) is 13.1 Å². The van der Waals surface area contributed by atoms with Gasteiger partial charge in [-0.05, 0) is 29.8 Å². The van der Waals surface area contributed by atoms with Crippen molar-refractivity contribution in [2.75, 3.05) is 27.4 Å². The molecule has 0 unspecified atom stereocenters. The summed E-state index contributed by atoms with van der Waals surface area (Å²) in [6.45, 7) is -1.13. The number of hydrogen-bond donors (Lipinski definition) is 1. The number of carbonyl (C=O) groups excluding carboxylic acids is 2. The van der Waals surface area contributed by atoms with Gasteiger partial charge >= 0.3 is 5.97 Å². The molecule has 8 nitrogen and oxygen atoms in total. The molecule has 0 atom stereocenters. The van der Waals surface area contributed by atoms with E-state index in [4.69, 9.17) is 14.2 Å². The fourth-order valence-corrected chi connectivity index (χ4v) is 2.98. The lowest BCUT2D eigenvalue weighted by molar-refractivity contribution is -0.141. The summed E-state index contributed by atoms with van der Waals surface area (Å²) >= 11 is 0. The van der Waals surface area contributed by atoms with E-state index in [0.717, 1.165) is 5.41 Å². The minimum atomic E-state index is -3.83. The summed E-state index contributed by atoms with van der Waals surface area (Å²) in [6.07, 6.45) is 1.40. The molecular formula is C20H21NO7S. The van der Waals surface area contributed by atoms with Crippen molar-refractivity contribution in [2.24, 2.45) is 0 Å². The molecule has 0 bridgehead atoms. The Morgan fingerprint density at radius 2 is 1.69 bits per heavy atom. The van der Waals surface area contributed by atoms with Gasteiger partial charge in [0, 0.05) is 11.0 Å². The van der Waals surface area contributed by atoms with Crippen LogP contribution in [0.3, 0.4) is 0 Å². The molecular weight excluding hydrogens is 398 g/mol. The predicted octanol–water partition coefficient (Wildman–Crippen LogP) is 2.02. The van der Waals surface area contributed by atoms with E-state index in [9.17, 15) is 18.0 Å². The second kappa shape index (κ2) is 10.4. The van der Waals surface area contributed by atoms with Crippen LogP contribution < -0.4 is 14.2 Å². The van der Waals surface area contributed by atoms with Crippen LogP contribution in [0.5, 0.6) is 11.5 Å². The maximum absolute atomic E-state index is 12.2. The van der Waals surface area contributed by atoms with Gasteiger partial charge in [-0.15, -0.1) is 0 Å². The van der Waals surface area contributed by atoms with Crippen LogP contribution in [0.1, 0.15) is 15.9 Å². The summed E-state index contributed by atoms with van der Waals surface area (Å²) in [5.41, 5.74) is 0.961. The highest BCUT2D eigenvalue weighted by molar-refractivity contribution is 7.92. The number of ketones is 1. The van der Waals surface area contributed by atoms with Crippen LogP contribution in [0.15, 0.2) is 53.9 Å². The molecule has 0 radical (unpaired) electrons. The van der Waals surface area contributed by atoms with Gasteiger partial charge in [0.2, 0.25) is 10.0 Å². The second-order valence-electron chi connectivity index (χ2n) is 5.73. The first kappa shape index (κ1) is 22.1. The van der Waals surface area contributed by atoms with Crippen LogP contribution in [-0.2, 0) is 19.6 Å². The number of hydrogen-bond acceptors (Lipinski definition) is 7. The van der Waals surface area contributed by atoms with Gasteiger partial charge < -0.3 is 14.2 Å². The Hall–Kier alpha value is -3.17.